The summed E-state index contributed by atoms with van der Waals surface area (Å²) in [7, 11) is -2.33. The average Bonchev–Trinajstić information content (AvgIpc) is 2.50. The smallest absolute Gasteiger partial charge is 0.244 e. The van der Waals surface area contributed by atoms with Crippen LogP contribution in [0.2, 0.25) is 5.02 Å². The van der Waals surface area contributed by atoms with Crippen LogP contribution in [-0.2, 0) is 10.0 Å². The summed E-state index contributed by atoms with van der Waals surface area (Å²) in [5.41, 5.74) is 2.18. The first-order chi connectivity index (χ1) is 11.3. The molecule has 0 saturated carbocycles. The minimum atomic E-state index is -3.74. The Morgan fingerprint density at radius 2 is 1.75 bits per heavy atom. The van der Waals surface area contributed by atoms with E-state index in [2.05, 4.69) is 4.72 Å². The van der Waals surface area contributed by atoms with Gasteiger partial charge in [-0.05, 0) is 55.3 Å². The van der Waals surface area contributed by atoms with Crippen molar-refractivity contribution in [2.75, 3.05) is 20.3 Å². The number of aryl methyl sites for hydroxylation is 2. The molecular formula is C17H20ClNO4S. The van der Waals surface area contributed by atoms with Gasteiger partial charge in [0.2, 0.25) is 10.0 Å². The van der Waals surface area contributed by atoms with Crippen LogP contribution >= 0.6 is 11.6 Å². The van der Waals surface area contributed by atoms with Crippen LogP contribution in [0.15, 0.2) is 41.3 Å². The molecule has 0 bridgehead atoms. The van der Waals surface area contributed by atoms with Crippen LogP contribution in [-0.4, -0.2) is 28.7 Å². The second kappa shape index (κ2) is 7.88. The predicted octanol–water partition coefficient (Wildman–Crippen LogP) is 3.32. The lowest BCUT2D eigenvalue weighted by atomic mass is 10.1. The summed E-state index contributed by atoms with van der Waals surface area (Å²) in [6, 6.07) is 10.3. The van der Waals surface area contributed by atoms with Gasteiger partial charge in [0.15, 0.2) is 0 Å². The topological polar surface area (TPSA) is 64.6 Å². The highest BCUT2D eigenvalue weighted by atomic mass is 35.5. The quantitative estimate of drug-likeness (QED) is 0.760. The second-order valence-corrected chi connectivity index (χ2v) is 7.54. The van der Waals surface area contributed by atoms with Gasteiger partial charge in [-0.15, -0.1) is 0 Å². The van der Waals surface area contributed by atoms with Gasteiger partial charge >= 0.3 is 0 Å². The van der Waals surface area contributed by atoms with Gasteiger partial charge in [-0.1, -0.05) is 17.7 Å². The number of methoxy groups -OCH3 is 1. The van der Waals surface area contributed by atoms with Crippen LogP contribution in [0.5, 0.6) is 11.5 Å². The molecular weight excluding hydrogens is 350 g/mol. The first kappa shape index (κ1) is 18.6. The van der Waals surface area contributed by atoms with Crippen molar-refractivity contribution in [3.05, 3.63) is 52.5 Å². The largest absolute Gasteiger partial charge is 0.495 e. The minimum absolute atomic E-state index is 0.00361. The Morgan fingerprint density at radius 1 is 1.08 bits per heavy atom. The van der Waals surface area contributed by atoms with Gasteiger partial charge in [0.05, 0.1) is 7.11 Å². The van der Waals surface area contributed by atoms with E-state index in [1.54, 1.807) is 6.07 Å². The van der Waals surface area contributed by atoms with E-state index < -0.39 is 10.0 Å². The molecule has 0 spiro atoms. The maximum atomic E-state index is 12.4. The minimum Gasteiger partial charge on any atom is -0.495 e. The molecule has 2 aromatic rings. The zero-order valence-electron chi connectivity index (χ0n) is 13.8. The Morgan fingerprint density at radius 3 is 2.38 bits per heavy atom. The number of sulfonamides is 1. The highest BCUT2D eigenvalue weighted by Gasteiger charge is 2.19. The van der Waals surface area contributed by atoms with E-state index in [-0.39, 0.29) is 23.8 Å². The molecule has 24 heavy (non-hydrogen) atoms. The van der Waals surface area contributed by atoms with Crippen molar-refractivity contribution in [2.45, 2.75) is 18.7 Å². The lowest BCUT2D eigenvalue weighted by molar-refractivity contribution is 0.322. The molecule has 0 saturated heterocycles. The number of hydrogen-bond acceptors (Lipinski definition) is 4. The van der Waals surface area contributed by atoms with Gasteiger partial charge in [-0.25, -0.2) is 13.1 Å². The maximum Gasteiger partial charge on any atom is 0.244 e. The summed E-state index contributed by atoms with van der Waals surface area (Å²) >= 11 is 5.88. The van der Waals surface area contributed by atoms with Crippen LogP contribution in [0, 0.1) is 13.8 Å². The molecule has 0 aliphatic carbocycles. The normalized spacial score (nSPS) is 11.3. The number of rotatable bonds is 7. The Balaban J connectivity index is 1.99. The van der Waals surface area contributed by atoms with Crippen LogP contribution < -0.4 is 14.2 Å². The SMILES string of the molecule is COc1ccc(Cl)cc1S(=O)(=O)NCCOc1cc(C)cc(C)c1. The van der Waals surface area contributed by atoms with Crippen LogP contribution in [0.1, 0.15) is 11.1 Å². The zero-order valence-corrected chi connectivity index (χ0v) is 15.4. The third-order valence-electron chi connectivity index (χ3n) is 3.27. The third kappa shape index (κ3) is 4.87. The highest BCUT2D eigenvalue weighted by molar-refractivity contribution is 7.89. The molecule has 7 heteroatoms. The van der Waals surface area contributed by atoms with Crippen molar-refractivity contribution in [1.82, 2.24) is 4.72 Å². The average molecular weight is 370 g/mol. The summed E-state index contributed by atoms with van der Waals surface area (Å²) < 4.78 is 37.9. The number of nitrogens with one attached hydrogen (secondary N) is 1. The van der Waals surface area contributed by atoms with Crippen molar-refractivity contribution in [1.29, 1.82) is 0 Å². The molecule has 0 unspecified atom stereocenters. The number of hydrogen-bond donors (Lipinski definition) is 1. The molecule has 0 heterocycles. The zero-order chi connectivity index (χ0) is 17.7. The highest BCUT2D eigenvalue weighted by Crippen LogP contribution is 2.26. The van der Waals surface area contributed by atoms with Crippen molar-refractivity contribution in [3.8, 4) is 11.5 Å². The molecule has 130 valence electrons. The van der Waals surface area contributed by atoms with E-state index in [4.69, 9.17) is 21.1 Å². The molecule has 0 aliphatic heterocycles. The van der Waals surface area contributed by atoms with Crippen molar-refractivity contribution in [2.24, 2.45) is 0 Å². The summed E-state index contributed by atoms with van der Waals surface area (Å²) in [5.74, 6) is 0.953. The molecule has 0 aromatic heterocycles. The Hall–Kier alpha value is -1.76. The molecule has 1 N–H and O–H groups in total. The second-order valence-electron chi connectivity index (χ2n) is 5.36. The molecule has 2 aromatic carbocycles. The molecule has 0 amide bonds. The monoisotopic (exact) mass is 369 g/mol. The summed E-state index contributed by atoms with van der Waals surface area (Å²) in [4.78, 5) is 0.00361. The van der Waals surface area contributed by atoms with Crippen LogP contribution in [0.4, 0.5) is 0 Å². The first-order valence-corrected chi connectivity index (χ1v) is 9.22. The standard InChI is InChI=1S/C17H20ClNO4S/c1-12-8-13(2)10-15(9-12)23-7-6-19-24(20,21)17-11-14(18)4-5-16(17)22-3/h4-5,8-11,19H,6-7H2,1-3H3. The van der Waals surface area contributed by atoms with Gasteiger partial charge in [0, 0.05) is 11.6 Å². The Bertz CT molecular complexity index is 801. The van der Waals surface area contributed by atoms with Gasteiger partial charge in [0.25, 0.3) is 0 Å². The molecule has 0 aliphatic rings. The fourth-order valence-corrected chi connectivity index (χ4v) is 3.74. The Labute approximate surface area is 147 Å². The summed E-state index contributed by atoms with van der Waals surface area (Å²) in [6.07, 6.45) is 0. The molecule has 0 radical (unpaired) electrons. The van der Waals surface area contributed by atoms with Gasteiger partial charge in [-0.3, -0.25) is 0 Å². The van der Waals surface area contributed by atoms with Crippen LogP contribution in [0.3, 0.4) is 0 Å². The number of halogens is 1. The fourth-order valence-electron chi connectivity index (χ4n) is 2.30. The van der Waals surface area contributed by atoms with E-state index in [9.17, 15) is 8.42 Å². The predicted molar refractivity (Wildman–Crippen MR) is 94.6 cm³/mol. The molecule has 0 fully saturated rings. The summed E-state index contributed by atoms with van der Waals surface area (Å²) in [5, 5.41) is 0.322. The van der Waals surface area contributed by atoms with Gasteiger partial charge < -0.3 is 9.47 Å². The van der Waals surface area contributed by atoms with Crippen molar-refractivity contribution in [3.63, 3.8) is 0 Å². The van der Waals surface area contributed by atoms with E-state index in [0.29, 0.717) is 10.8 Å². The van der Waals surface area contributed by atoms with Gasteiger partial charge in [-0.2, -0.15) is 0 Å². The third-order valence-corrected chi connectivity index (χ3v) is 4.99. The maximum absolute atomic E-state index is 12.4. The van der Waals surface area contributed by atoms with E-state index in [1.165, 1.54) is 19.2 Å². The lowest BCUT2D eigenvalue weighted by Crippen LogP contribution is -2.28. The van der Waals surface area contributed by atoms with E-state index in [0.717, 1.165) is 11.1 Å². The molecule has 2 rings (SSSR count). The van der Waals surface area contributed by atoms with E-state index in [1.807, 2.05) is 32.0 Å². The van der Waals surface area contributed by atoms with Crippen molar-refractivity contribution >= 4 is 21.6 Å². The van der Waals surface area contributed by atoms with Crippen molar-refractivity contribution < 1.29 is 17.9 Å². The number of benzene rings is 2. The first-order valence-electron chi connectivity index (χ1n) is 7.36. The number of ether oxygens (including phenoxy) is 2. The Kier molecular flexibility index (Phi) is 6.10. The summed E-state index contributed by atoms with van der Waals surface area (Å²) in [6.45, 7) is 4.30. The van der Waals surface area contributed by atoms with Crippen LogP contribution in [0.25, 0.3) is 0 Å². The lowest BCUT2D eigenvalue weighted by Gasteiger charge is -2.12. The molecule has 0 atom stereocenters. The fraction of sp³-hybridized carbons (Fsp3) is 0.294. The molecule has 5 nitrogen and oxygen atoms in total. The van der Waals surface area contributed by atoms with E-state index >= 15 is 0 Å². The van der Waals surface area contributed by atoms with Gasteiger partial charge in [0.1, 0.15) is 23.0 Å².